The van der Waals surface area contributed by atoms with E-state index in [1.165, 1.54) is 0 Å². The van der Waals surface area contributed by atoms with Crippen molar-refractivity contribution in [2.24, 2.45) is 5.92 Å². The second kappa shape index (κ2) is 3.53. The molecule has 0 radical (unpaired) electrons. The first-order valence-electron chi connectivity index (χ1n) is 5.04. The van der Waals surface area contributed by atoms with E-state index in [0.717, 1.165) is 18.4 Å². The lowest BCUT2D eigenvalue weighted by Crippen LogP contribution is -2.34. The Balaban J connectivity index is 2.40. The Hall–Kier alpha value is -1.02. The molecule has 0 unspecified atom stereocenters. The van der Waals surface area contributed by atoms with Gasteiger partial charge in [-0.25, -0.2) is 0 Å². The molecule has 0 saturated heterocycles. The van der Waals surface area contributed by atoms with Crippen LogP contribution in [-0.4, -0.2) is 11.1 Å². The number of halogens is 1. The highest BCUT2D eigenvalue weighted by Gasteiger charge is 2.48. The summed E-state index contributed by atoms with van der Waals surface area (Å²) < 4.78 is 0. The smallest absolute Gasteiger partial charge is 0.314 e. The number of carboxylic acid groups (broad SMARTS) is 1. The minimum absolute atomic E-state index is 0.274. The molecule has 1 N–H and O–H groups in total. The summed E-state index contributed by atoms with van der Waals surface area (Å²) in [4.78, 5) is 11.4. The van der Waals surface area contributed by atoms with E-state index in [9.17, 15) is 9.90 Å². The number of hydrogen-bond donors (Lipinski definition) is 1. The summed E-state index contributed by atoms with van der Waals surface area (Å²) in [6.07, 6.45) is 2.01. The fraction of sp³-hybridized carbons (Fsp3) is 0.417. The van der Waals surface area contributed by atoms with Gasteiger partial charge in [0.05, 0.1) is 5.41 Å². The van der Waals surface area contributed by atoms with Crippen molar-refractivity contribution in [2.45, 2.75) is 25.2 Å². The number of hydrogen-bond acceptors (Lipinski definition) is 1. The molecule has 15 heavy (non-hydrogen) atoms. The highest BCUT2D eigenvalue weighted by Crippen LogP contribution is 2.47. The number of carbonyl (C=O) groups is 1. The molecule has 0 heterocycles. The average molecular weight is 225 g/mol. The fourth-order valence-electron chi connectivity index (χ4n) is 1.99. The van der Waals surface area contributed by atoms with Crippen LogP contribution in [0.25, 0.3) is 0 Å². The third kappa shape index (κ3) is 1.74. The summed E-state index contributed by atoms with van der Waals surface area (Å²) in [5.41, 5.74) is 0.104. The van der Waals surface area contributed by atoms with Crippen molar-refractivity contribution in [3.05, 3.63) is 34.9 Å². The molecular formula is C12H13ClO2. The first-order chi connectivity index (χ1) is 7.05. The van der Waals surface area contributed by atoms with Crippen LogP contribution in [0.1, 0.15) is 25.3 Å². The third-order valence-corrected chi connectivity index (χ3v) is 3.53. The van der Waals surface area contributed by atoms with E-state index < -0.39 is 11.4 Å². The van der Waals surface area contributed by atoms with Crippen LogP contribution in [0.2, 0.25) is 5.02 Å². The molecule has 80 valence electrons. The molecule has 1 aromatic rings. The zero-order valence-electron chi connectivity index (χ0n) is 8.53. The van der Waals surface area contributed by atoms with E-state index in [1.807, 2.05) is 12.1 Å². The van der Waals surface area contributed by atoms with Crippen molar-refractivity contribution >= 4 is 17.6 Å². The van der Waals surface area contributed by atoms with Gasteiger partial charge in [0, 0.05) is 5.02 Å². The van der Waals surface area contributed by atoms with E-state index >= 15 is 0 Å². The molecule has 1 fully saturated rings. The molecule has 0 amide bonds. The molecule has 1 atom stereocenters. The van der Waals surface area contributed by atoms with Crippen LogP contribution in [0, 0.1) is 5.92 Å². The summed E-state index contributed by atoms with van der Waals surface area (Å²) in [5.74, 6) is -0.469. The first-order valence-corrected chi connectivity index (χ1v) is 5.42. The monoisotopic (exact) mass is 224 g/mol. The maximum atomic E-state index is 11.4. The lowest BCUT2D eigenvalue weighted by Gasteiger charge is -2.25. The summed E-state index contributed by atoms with van der Waals surface area (Å²) in [7, 11) is 0. The van der Waals surface area contributed by atoms with Gasteiger partial charge in [-0.3, -0.25) is 4.79 Å². The minimum Gasteiger partial charge on any atom is -0.481 e. The third-order valence-electron chi connectivity index (χ3n) is 3.28. The van der Waals surface area contributed by atoms with Gasteiger partial charge in [0.1, 0.15) is 0 Å². The molecule has 0 bridgehead atoms. The quantitative estimate of drug-likeness (QED) is 0.857. The Morgan fingerprint density at radius 2 is 1.93 bits per heavy atom. The molecule has 0 spiro atoms. The molecule has 3 heteroatoms. The predicted octanol–water partition coefficient (Wildman–Crippen LogP) is 3.09. The van der Waals surface area contributed by atoms with E-state index in [4.69, 9.17) is 11.6 Å². The second-order valence-electron chi connectivity index (χ2n) is 4.29. The largest absolute Gasteiger partial charge is 0.481 e. The van der Waals surface area contributed by atoms with Crippen molar-refractivity contribution in [1.82, 2.24) is 0 Å². The highest BCUT2D eigenvalue weighted by molar-refractivity contribution is 6.30. The summed E-state index contributed by atoms with van der Waals surface area (Å²) in [6, 6.07) is 7.13. The first kappa shape index (κ1) is 10.5. The van der Waals surface area contributed by atoms with Crippen molar-refractivity contribution < 1.29 is 9.90 Å². The lowest BCUT2D eigenvalue weighted by molar-refractivity contribution is -0.144. The zero-order valence-corrected chi connectivity index (χ0v) is 9.29. The Labute approximate surface area is 93.9 Å². The van der Waals surface area contributed by atoms with Gasteiger partial charge >= 0.3 is 5.97 Å². The number of benzene rings is 1. The predicted molar refractivity (Wildman–Crippen MR) is 59.2 cm³/mol. The number of rotatable bonds is 3. The van der Waals surface area contributed by atoms with Gasteiger partial charge in [-0.2, -0.15) is 0 Å². The van der Waals surface area contributed by atoms with Gasteiger partial charge in [0.2, 0.25) is 0 Å². The topological polar surface area (TPSA) is 37.3 Å². The van der Waals surface area contributed by atoms with E-state index in [-0.39, 0.29) is 5.92 Å². The Morgan fingerprint density at radius 1 is 1.40 bits per heavy atom. The average Bonchev–Trinajstić information content (AvgIpc) is 3.00. The van der Waals surface area contributed by atoms with E-state index in [1.54, 1.807) is 19.1 Å². The van der Waals surface area contributed by atoms with Crippen LogP contribution >= 0.6 is 11.6 Å². The lowest BCUT2D eigenvalue weighted by atomic mass is 9.78. The van der Waals surface area contributed by atoms with Crippen LogP contribution in [0.4, 0.5) is 0 Å². The number of aliphatic carboxylic acids is 1. The van der Waals surface area contributed by atoms with Gasteiger partial charge in [-0.15, -0.1) is 0 Å². The van der Waals surface area contributed by atoms with Crippen molar-refractivity contribution in [1.29, 1.82) is 0 Å². The maximum Gasteiger partial charge on any atom is 0.314 e. The zero-order chi connectivity index (χ0) is 11.1. The standard InChI is InChI=1S/C12H13ClO2/c1-12(11(14)15,8-2-3-8)9-4-6-10(13)7-5-9/h4-8H,2-3H2,1H3,(H,14,15)/t12-/m0/s1. The second-order valence-corrected chi connectivity index (χ2v) is 4.73. The van der Waals surface area contributed by atoms with Gasteiger partial charge in [0.25, 0.3) is 0 Å². The molecule has 1 aromatic carbocycles. The molecular weight excluding hydrogens is 212 g/mol. The SMILES string of the molecule is C[C@@](C(=O)O)(c1ccc(Cl)cc1)C1CC1. The normalized spacial score (nSPS) is 19.6. The summed E-state index contributed by atoms with van der Waals surface area (Å²) >= 11 is 5.79. The van der Waals surface area contributed by atoms with Crippen LogP contribution < -0.4 is 0 Å². The van der Waals surface area contributed by atoms with Crippen LogP contribution in [0.5, 0.6) is 0 Å². The molecule has 1 saturated carbocycles. The molecule has 1 aliphatic carbocycles. The molecule has 2 nitrogen and oxygen atoms in total. The Bertz CT molecular complexity index is 381. The van der Waals surface area contributed by atoms with Crippen LogP contribution in [0.15, 0.2) is 24.3 Å². The molecule has 2 rings (SSSR count). The fourth-order valence-corrected chi connectivity index (χ4v) is 2.12. The van der Waals surface area contributed by atoms with Gasteiger partial charge in [0.15, 0.2) is 0 Å². The summed E-state index contributed by atoms with van der Waals surface area (Å²) in [6.45, 7) is 1.80. The van der Waals surface area contributed by atoms with Crippen molar-refractivity contribution in [3.8, 4) is 0 Å². The van der Waals surface area contributed by atoms with Gasteiger partial charge < -0.3 is 5.11 Å². The van der Waals surface area contributed by atoms with Gasteiger partial charge in [-0.1, -0.05) is 23.7 Å². The van der Waals surface area contributed by atoms with Crippen LogP contribution in [-0.2, 0) is 10.2 Å². The Morgan fingerprint density at radius 3 is 2.33 bits per heavy atom. The van der Waals surface area contributed by atoms with E-state index in [0.29, 0.717) is 5.02 Å². The molecule has 1 aliphatic rings. The molecule has 0 aromatic heterocycles. The van der Waals surface area contributed by atoms with Crippen molar-refractivity contribution in [3.63, 3.8) is 0 Å². The Kier molecular flexibility index (Phi) is 2.47. The van der Waals surface area contributed by atoms with Crippen LogP contribution in [0.3, 0.4) is 0 Å². The highest BCUT2D eigenvalue weighted by atomic mass is 35.5. The number of carboxylic acids is 1. The molecule has 0 aliphatic heterocycles. The van der Waals surface area contributed by atoms with E-state index in [2.05, 4.69) is 0 Å². The van der Waals surface area contributed by atoms with Crippen molar-refractivity contribution in [2.75, 3.05) is 0 Å². The maximum absolute atomic E-state index is 11.4. The summed E-state index contributed by atoms with van der Waals surface area (Å²) in [5, 5.41) is 9.97. The van der Waals surface area contributed by atoms with Gasteiger partial charge in [-0.05, 0) is 43.4 Å². The minimum atomic E-state index is -0.745.